The Kier molecular flexibility index (Phi) is 5.71. The highest BCUT2D eigenvalue weighted by atomic mass is 32.2. The fourth-order valence-electron chi connectivity index (χ4n) is 5.24. The molecule has 1 atom stereocenters. The van der Waals surface area contributed by atoms with E-state index in [0.717, 1.165) is 29.8 Å². The van der Waals surface area contributed by atoms with Crippen LogP contribution < -0.4 is 5.32 Å². The van der Waals surface area contributed by atoms with E-state index in [4.69, 9.17) is 0 Å². The molecule has 0 bridgehead atoms. The van der Waals surface area contributed by atoms with Crippen LogP contribution in [0.15, 0.2) is 77.8 Å². The van der Waals surface area contributed by atoms with Crippen molar-refractivity contribution in [3.8, 4) is 5.00 Å². The Morgan fingerprint density at radius 2 is 1.76 bits per heavy atom. The molecule has 2 amide bonds. The van der Waals surface area contributed by atoms with Crippen LogP contribution in [0.5, 0.6) is 0 Å². The lowest BCUT2D eigenvalue weighted by Gasteiger charge is -2.31. The highest BCUT2D eigenvalue weighted by molar-refractivity contribution is 7.98. The van der Waals surface area contributed by atoms with Gasteiger partial charge in [-0.1, -0.05) is 30.3 Å². The number of hydrogen-bond donors (Lipinski definition) is 1. The average Bonchev–Trinajstić information content (AvgIpc) is 3.47. The van der Waals surface area contributed by atoms with Gasteiger partial charge in [-0.2, -0.15) is 0 Å². The Morgan fingerprint density at radius 3 is 2.56 bits per heavy atom. The molecule has 1 unspecified atom stereocenters. The second-order valence-corrected chi connectivity index (χ2v) is 10.9. The SMILES string of the molecule is CSc1ccc(C2c3cccn3-c3sc4c(c3CN2C(=O)Nc2ccccc2)CCCC4)cc1. The molecule has 0 saturated heterocycles. The van der Waals surface area contributed by atoms with E-state index in [9.17, 15) is 4.79 Å². The van der Waals surface area contributed by atoms with E-state index in [1.807, 2.05) is 46.6 Å². The van der Waals surface area contributed by atoms with Crippen molar-refractivity contribution in [3.05, 3.63) is 100 Å². The lowest BCUT2D eigenvalue weighted by molar-refractivity contribution is 0.194. The second-order valence-electron chi connectivity index (χ2n) is 8.90. The Morgan fingerprint density at radius 1 is 0.971 bits per heavy atom. The molecule has 172 valence electrons. The molecule has 3 heterocycles. The highest BCUT2D eigenvalue weighted by Crippen LogP contribution is 2.44. The summed E-state index contributed by atoms with van der Waals surface area (Å²) in [4.78, 5) is 18.6. The number of aryl methyl sites for hydroxylation is 1. The maximum absolute atomic E-state index is 13.9. The van der Waals surface area contributed by atoms with E-state index in [-0.39, 0.29) is 12.1 Å². The van der Waals surface area contributed by atoms with Gasteiger partial charge in [-0.15, -0.1) is 23.1 Å². The summed E-state index contributed by atoms with van der Waals surface area (Å²) < 4.78 is 2.33. The molecule has 1 aliphatic carbocycles. The molecular formula is C28H27N3OS2. The summed E-state index contributed by atoms with van der Waals surface area (Å²) >= 11 is 3.66. The molecule has 1 N–H and O–H groups in total. The van der Waals surface area contributed by atoms with Gasteiger partial charge in [0.25, 0.3) is 0 Å². The average molecular weight is 486 g/mol. The minimum Gasteiger partial charge on any atom is -0.310 e. The number of fused-ring (bicyclic) bond motifs is 5. The maximum Gasteiger partial charge on any atom is 0.322 e. The molecule has 2 aliphatic rings. The fourth-order valence-corrected chi connectivity index (χ4v) is 7.05. The molecule has 2 aromatic carbocycles. The van der Waals surface area contributed by atoms with Crippen molar-refractivity contribution < 1.29 is 4.79 Å². The van der Waals surface area contributed by atoms with Crippen molar-refractivity contribution in [2.75, 3.05) is 11.6 Å². The third-order valence-corrected chi connectivity index (χ3v) is 8.97. The molecule has 0 fully saturated rings. The number of para-hydroxylation sites is 1. The molecule has 4 nitrogen and oxygen atoms in total. The predicted molar refractivity (Wildman–Crippen MR) is 141 cm³/mol. The first-order valence-corrected chi connectivity index (χ1v) is 13.8. The number of carbonyl (C=O) groups excluding carboxylic acids is 1. The topological polar surface area (TPSA) is 37.3 Å². The van der Waals surface area contributed by atoms with Crippen LogP contribution in [0.25, 0.3) is 5.00 Å². The van der Waals surface area contributed by atoms with Crippen molar-refractivity contribution in [1.82, 2.24) is 9.47 Å². The number of aromatic nitrogens is 1. The van der Waals surface area contributed by atoms with Crippen LogP contribution in [0.4, 0.5) is 10.5 Å². The van der Waals surface area contributed by atoms with Gasteiger partial charge in [0, 0.05) is 27.2 Å². The Labute approximate surface area is 208 Å². The standard InChI is InChI=1S/C28H27N3OS2/c1-33-21-15-13-19(14-16-21)26-24-11-7-17-30(24)27-23(22-10-5-6-12-25(22)34-27)18-31(26)28(32)29-20-8-3-2-4-9-20/h2-4,7-9,11,13-17,26H,5-6,10,12,18H2,1H3,(H,29,32). The van der Waals surface area contributed by atoms with Gasteiger partial charge in [-0.3, -0.25) is 0 Å². The maximum atomic E-state index is 13.9. The zero-order valence-corrected chi connectivity index (χ0v) is 20.8. The quantitative estimate of drug-likeness (QED) is 0.310. The Balaban J connectivity index is 1.49. The molecule has 4 aromatic rings. The van der Waals surface area contributed by atoms with Crippen LogP contribution in [0.1, 0.15) is 46.1 Å². The van der Waals surface area contributed by atoms with Gasteiger partial charge in [0.1, 0.15) is 5.00 Å². The Bertz CT molecular complexity index is 1320. The molecule has 6 heteroatoms. The summed E-state index contributed by atoms with van der Waals surface area (Å²) in [5.74, 6) is 0. The van der Waals surface area contributed by atoms with Crippen molar-refractivity contribution in [2.45, 2.75) is 43.2 Å². The number of thioether (sulfide) groups is 1. The summed E-state index contributed by atoms with van der Waals surface area (Å²) in [6, 6.07) is 22.5. The third-order valence-electron chi connectivity index (χ3n) is 6.90. The molecular weight excluding hydrogens is 458 g/mol. The van der Waals surface area contributed by atoms with Crippen molar-refractivity contribution in [2.24, 2.45) is 0 Å². The first-order chi connectivity index (χ1) is 16.7. The Hall–Kier alpha value is -2.96. The predicted octanol–water partition coefficient (Wildman–Crippen LogP) is 7.28. The number of nitrogens with one attached hydrogen (secondary N) is 1. The van der Waals surface area contributed by atoms with Crippen LogP contribution >= 0.6 is 23.1 Å². The first kappa shape index (κ1) is 21.6. The van der Waals surface area contributed by atoms with Crippen LogP contribution in [0.3, 0.4) is 0 Å². The summed E-state index contributed by atoms with van der Waals surface area (Å²) in [7, 11) is 0. The minimum atomic E-state index is -0.173. The smallest absolute Gasteiger partial charge is 0.310 e. The number of benzene rings is 2. The van der Waals surface area contributed by atoms with Crippen LogP contribution in [0, 0.1) is 0 Å². The van der Waals surface area contributed by atoms with Crippen molar-refractivity contribution in [3.63, 3.8) is 0 Å². The van der Waals surface area contributed by atoms with Crippen LogP contribution in [-0.2, 0) is 19.4 Å². The lowest BCUT2D eigenvalue weighted by Crippen LogP contribution is -2.38. The van der Waals surface area contributed by atoms with Gasteiger partial charge < -0.3 is 14.8 Å². The van der Waals surface area contributed by atoms with Gasteiger partial charge in [0.2, 0.25) is 0 Å². The number of rotatable bonds is 3. The van der Waals surface area contributed by atoms with E-state index < -0.39 is 0 Å². The third kappa shape index (κ3) is 3.75. The molecule has 6 rings (SSSR count). The van der Waals surface area contributed by atoms with Crippen LogP contribution in [-0.4, -0.2) is 21.8 Å². The number of amides is 2. The molecule has 0 radical (unpaired) electrons. The number of thiophene rings is 1. The summed E-state index contributed by atoms with van der Waals surface area (Å²) in [6.45, 7) is 0.608. The monoisotopic (exact) mass is 485 g/mol. The summed E-state index contributed by atoms with van der Waals surface area (Å²) in [5.41, 5.74) is 5.88. The largest absolute Gasteiger partial charge is 0.322 e. The lowest BCUT2D eigenvalue weighted by atomic mass is 9.95. The van der Waals surface area contributed by atoms with Crippen molar-refractivity contribution in [1.29, 1.82) is 0 Å². The van der Waals surface area contributed by atoms with E-state index in [1.54, 1.807) is 11.8 Å². The number of hydrogen-bond acceptors (Lipinski definition) is 3. The summed E-state index contributed by atoms with van der Waals surface area (Å²) in [6.07, 6.45) is 9.00. The highest BCUT2D eigenvalue weighted by Gasteiger charge is 2.36. The molecule has 34 heavy (non-hydrogen) atoms. The first-order valence-electron chi connectivity index (χ1n) is 11.8. The summed E-state index contributed by atoms with van der Waals surface area (Å²) in [5, 5.41) is 4.45. The molecule has 1 aliphatic heterocycles. The van der Waals surface area contributed by atoms with E-state index in [0.29, 0.717) is 6.54 Å². The van der Waals surface area contributed by atoms with Gasteiger partial charge in [-0.05, 0) is 79.5 Å². The van der Waals surface area contributed by atoms with E-state index in [2.05, 4.69) is 58.7 Å². The van der Waals surface area contributed by atoms with E-state index >= 15 is 0 Å². The van der Waals surface area contributed by atoms with Gasteiger partial charge in [0.05, 0.1) is 18.3 Å². The van der Waals surface area contributed by atoms with Crippen LogP contribution in [0.2, 0.25) is 0 Å². The van der Waals surface area contributed by atoms with E-state index in [1.165, 1.54) is 38.7 Å². The number of anilines is 1. The second kappa shape index (κ2) is 9.01. The van der Waals surface area contributed by atoms with Crippen molar-refractivity contribution >= 4 is 34.8 Å². The zero-order valence-electron chi connectivity index (χ0n) is 19.2. The molecule has 0 saturated carbocycles. The normalized spacial score (nSPS) is 16.9. The fraction of sp³-hybridized carbons (Fsp3) is 0.250. The van der Waals surface area contributed by atoms with Gasteiger partial charge >= 0.3 is 6.03 Å². The number of urea groups is 1. The zero-order chi connectivity index (χ0) is 23.1. The van der Waals surface area contributed by atoms with Gasteiger partial charge in [0.15, 0.2) is 0 Å². The van der Waals surface area contributed by atoms with Gasteiger partial charge in [-0.25, -0.2) is 4.79 Å². The number of carbonyl (C=O) groups is 1. The molecule has 0 spiro atoms. The minimum absolute atomic E-state index is 0.0681. The molecule has 2 aromatic heterocycles. The number of nitrogens with zero attached hydrogens (tertiary/aromatic N) is 2.